The largest absolute Gasteiger partial charge is 0.298 e. The first kappa shape index (κ1) is 13.6. The first-order valence-corrected chi connectivity index (χ1v) is 6.81. The van der Waals surface area contributed by atoms with E-state index in [1.54, 1.807) is 18.5 Å². The van der Waals surface area contributed by atoms with Gasteiger partial charge in [-0.05, 0) is 41.4 Å². The lowest BCUT2D eigenvalue weighted by molar-refractivity contribution is 0.0980. The number of thiophene rings is 1. The minimum Gasteiger partial charge on any atom is -0.298 e. The van der Waals surface area contributed by atoms with Gasteiger partial charge in [0, 0.05) is 18.9 Å². The molecule has 0 radical (unpaired) electrons. The van der Waals surface area contributed by atoms with Crippen molar-refractivity contribution in [1.82, 2.24) is 21.2 Å². The first-order chi connectivity index (χ1) is 9.25. The van der Waals surface area contributed by atoms with Crippen molar-refractivity contribution in [2.45, 2.75) is 6.54 Å². The zero-order valence-corrected chi connectivity index (χ0v) is 11.6. The summed E-state index contributed by atoms with van der Waals surface area (Å²) < 4.78 is 0. The molecule has 98 valence electrons. The summed E-state index contributed by atoms with van der Waals surface area (Å²) in [6, 6.07) is 7.34. The molecule has 1 amide bonds. The van der Waals surface area contributed by atoms with Crippen molar-refractivity contribution in [3.8, 4) is 0 Å². The highest BCUT2D eigenvalue weighted by atomic mass is 32.1. The Hall–Kier alpha value is -1.83. The molecule has 0 bridgehead atoms. The van der Waals surface area contributed by atoms with Crippen LogP contribution in [0.4, 0.5) is 0 Å². The van der Waals surface area contributed by atoms with Crippen molar-refractivity contribution in [3.63, 3.8) is 0 Å². The minimum absolute atomic E-state index is 0.210. The fourth-order valence-electron chi connectivity index (χ4n) is 1.33. The highest BCUT2D eigenvalue weighted by molar-refractivity contribution is 7.80. The van der Waals surface area contributed by atoms with Gasteiger partial charge in [-0.15, -0.1) is 11.3 Å². The molecule has 2 aromatic rings. The molecule has 3 N–H and O–H groups in total. The van der Waals surface area contributed by atoms with E-state index in [-0.39, 0.29) is 11.0 Å². The maximum absolute atomic E-state index is 11.7. The quantitative estimate of drug-likeness (QED) is 0.588. The second kappa shape index (κ2) is 6.93. The zero-order valence-electron chi connectivity index (χ0n) is 9.92. The van der Waals surface area contributed by atoms with Gasteiger partial charge in [0.1, 0.15) is 0 Å². The van der Waals surface area contributed by atoms with Crippen LogP contribution in [0.1, 0.15) is 15.2 Å². The molecule has 0 aliphatic heterocycles. The van der Waals surface area contributed by atoms with E-state index in [9.17, 15) is 4.79 Å². The molecule has 0 aliphatic rings. The van der Waals surface area contributed by atoms with Crippen molar-refractivity contribution in [3.05, 3.63) is 52.5 Å². The van der Waals surface area contributed by atoms with Crippen LogP contribution in [0.15, 0.2) is 42.0 Å². The molecule has 0 atom stereocenters. The van der Waals surface area contributed by atoms with E-state index < -0.39 is 0 Å². The minimum atomic E-state index is -0.210. The Morgan fingerprint density at radius 3 is 2.79 bits per heavy atom. The van der Waals surface area contributed by atoms with Gasteiger partial charge in [0.05, 0.1) is 4.88 Å². The van der Waals surface area contributed by atoms with Gasteiger partial charge in [-0.3, -0.25) is 20.5 Å². The lowest BCUT2D eigenvalue weighted by Gasteiger charge is -2.10. The number of pyridine rings is 1. The second-order valence-electron chi connectivity index (χ2n) is 3.59. The highest BCUT2D eigenvalue weighted by Gasteiger charge is 2.07. The molecule has 0 saturated heterocycles. The monoisotopic (exact) mass is 292 g/mol. The molecule has 19 heavy (non-hydrogen) atoms. The summed E-state index contributed by atoms with van der Waals surface area (Å²) in [6.45, 7) is 0.581. The fourth-order valence-corrected chi connectivity index (χ4v) is 2.11. The molecule has 0 aliphatic carbocycles. The highest BCUT2D eigenvalue weighted by Crippen LogP contribution is 2.07. The normalized spacial score (nSPS) is 9.89. The van der Waals surface area contributed by atoms with Crippen LogP contribution in [0.3, 0.4) is 0 Å². The van der Waals surface area contributed by atoms with Crippen LogP contribution in [0.2, 0.25) is 0 Å². The van der Waals surface area contributed by atoms with Crippen molar-refractivity contribution < 1.29 is 4.79 Å². The summed E-state index contributed by atoms with van der Waals surface area (Å²) in [7, 11) is 0. The van der Waals surface area contributed by atoms with Gasteiger partial charge in [-0.1, -0.05) is 6.07 Å². The van der Waals surface area contributed by atoms with E-state index in [4.69, 9.17) is 12.2 Å². The third kappa shape index (κ3) is 4.40. The summed E-state index contributed by atoms with van der Waals surface area (Å²) in [5, 5.41) is 4.67. The van der Waals surface area contributed by atoms with Gasteiger partial charge in [-0.2, -0.15) is 0 Å². The number of nitrogens with zero attached hydrogens (tertiary/aromatic N) is 1. The molecule has 0 spiro atoms. The number of hydrogen-bond donors (Lipinski definition) is 3. The van der Waals surface area contributed by atoms with E-state index in [0.717, 1.165) is 5.56 Å². The maximum atomic E-state index is 11.7. The second-order valence-corrected chi connectivity index (χ2v) is 4.95. The van der Waals surface area contributed by atoms with E-state index in [2.05, 4.69) is 21.2 Å². The molecule has 0 unspecified atom stereocenters. The van der Waals surface area contributed by atoms with Gasteiger partial charge in [0.15, 0.2) is 5.11 Å². The number of nitrogens with one attached hydrogen (secondary N) is 3. The molecule has 0 aromatic carbocycles. The average molecular weight is 292 g/mol. The lowest BCUT2D eigenvalue weighted by atomic mass is 10.3. The van der Waals surface area contributed by atoms with Gasteiger partial charge < -0.3 is 0 Å². The van der Waals surface area contributed by atoms with E-state index >= 15 is 0 Å². The number of hydrazine groups is 1. The smallest absolute Gasteiger partial charge is 0.267 e. The van der Waals surface area contributed by atoms with Crippen molar-refractivity contribution in [1.29, 1.82) is 0 Å². The van der Waals surface area contributed by atoms with Crippen LogP contribution >= 0.6 is 23.6 Å². The number of carbonyl (C=O) groups is 1. The topological polar surface area (TPSA) is 66.1 Å². The van der Waals surface area contributed by atoms with Crippen molar-refractivity contribution >= 4 is 34.6 Å². The SMILES string of the molecule is O=C(NC(=S)NNCc1ccncc1)c1cccs1. The average Bonchev–Trinajstić information content (AvgIpc) is 2.94. The molecule has 2 rings (SSSR count). The number of amides is 1. The van der Waals surface area contributed by atoms with Gasteiger partial charge in [0.2, 0.25) is 0 Å². The number of hydrogen-bond acceptors (Lipinski definition) is 5. The number of rotatable bonds is 4. The Labute approximate surface area is 120 Å². The first-order valence-electron chi connectivity index (χ1n) is 5.52. The Morgan fingerprint density at radius 2 is 2.11 bits per heavy atom. The van der Waals surface area contributed by atoms with Crippen molar-refractivity contribution in [2.75, 3.05) is 0 Å². The fraction of sp³-hybridized carbons (Fsp3) is 0.0833. The predicted octanol–water partition coefficient (Wildman–Crippen LogP) is 1.45. The Bertz CT molecular complexity index is 542. The standard InChI is InChI=1S/C12H12N4OS2/c17-11(10-2-1-7-19-10)15-12(18)16-14-8-9-3-5-13-6-4-9/h1-7,14H,8H2,(H2,15,16,17,18). The van der Waals surface area contributed by atoms with Gasteiger partial charge in [0.25, 0.3) is 5.91 Å². The molecular weight excluding hydrogens is 280 g/mol. The Morgan fingerprint density at radius 1 is 1.32 bits per heavy atom. The third-order valence-electron chi connectivity index (χ3n) is 2.22. The molecule has 0 fully saturated rings. The van der Waals surface area contributed by atoms with Crippen molar-refractivity contribution in [2.24, 2.45) is 0 Å². The van der Waals surface area contributed by atoms with Crippen LogP contribution in [-0.4, -0.2) is 16.0 Å². The molecule has 0 saturated carbocycles. The molecule has 7 heteroatoms. The summed E-state index contributed by atoms with van der Waals surface area (Å²) in [6.07, 6.45) is 3.43. The summed E-state index contributed by atoms with van der Waals surface area (Å²) >= 11 is 6.37. The number of aromatic nitrogens is 1. The van der Waals surface area contributed by atoms with Crippen LogP contribution in [0, 0.1) is 0 Å². The molecule has 5 nitrogen and oxygen atoms in total. The Balaban J connectivity index is 1.72. The van der Waals surface area contributed by atoms with Crippen LogP contribution in [-0.2, 0) is 6.54 Å². The zero-order chi connectivity index (χ0) is 13.5. The van der Waals surface area contributed by atoms with E-state index in [0.29, 0.717) is 11.4 Å². The molecule has 2 aromatic heterocycles. The number of thiocarbonyl (C=S) groups is 1. The Kier molecular flexibility index (Phi) is 4.96. The van der Waals surface area contributed by atoms with Crippen LogP contribution in [0.5, 0.6) is 0 Å². The van der Waals surface area contributed by atoms with E-state index in [1.807, 2.05) is 23.6 Å². The summed E-state index contributed by atoms with van der Waals surface area (Å²) in [5.41, 5.74) is 6.74. The number of carbonyl (C=O) groups excluding carboxylic acids is 1. The van der Waals surface area contributed by atoms with Gasteiger partial charge >= 0.3 is 0 Å². The van der Waals surface area contributed by atoms with E-state index in [1.165, 1.54) is 11.3 Å². The maximum Gasteiger partial charge on any atom is 0.267 e. The molecular formula is C12H12N4OS2. The molecule has 2 heterocycles. The summed E-state index contributed by atoms with van der Waals surface area (Å²) in [4.78, 5) is 16.2. The van der Waals surface area contributed by atoms with Crippen LogP contribution in [0.25, 0.3) is 0 Å². The third-order valence-corrected chi connectivity index (χ3v) is 3.29. The van der Waals surface area contributed by atoms with Gasteiger partial charge in [-0.25, -0.2) is 5.43 Å². The predicted molar refractivity (Wildman–Crippen MR) is 78.6 cm³/mol. The summed E-state index contributed by atoms with van der Waals surface area (Å²) in [5.74, 6) is -0.210. The lowest BCUT2D eigenvalue weighted by Crippen LogP contribution is -2.45. The van der Waals surface area contributed by atoms with Crippen LogP contribution < -0.4 is 16.2 Å².